The number of hydrogen-bond donors (Lipinski definition) is 2. The molecule has 0 fully saturated rings. The molecule has 1 aromatic carbocycles. The van der Waals surface area contributed by atoms with Gasteiger partial charge in [-0.3, -0.25) is 0 Å². The van der Waals surface area contributed by atoms with Gasteiger partial charge in [-0.1, -0.05) is 18.2 Å². The molecule has 1 aromatic rings. The quantitative estimate of drug-likeness (QED) is 0.417. The summed E-state index contributed by atoms with van der Waals surface area (Å²) in [5.74, 6) is 1.44. The fourth-order valence-electron chi connectivity index (χ4n) is 1.50. The van der Waals surface area contributed by atoms with Gasteiger partial charge >= 0.3 is 0 Å². The highest BCUT2D eigenvalue weighted by Gasteiger charge is 1.96. The lowest BCUT2D eigenvalue weighted by atomic mass is 10.2. The summed E-state index contributed by atoms with van der Waals surface area (Å²) in [7, 11) is 0. The Hall–Kier alpha value is -2.46. The summed E-state index contributed by atoms with van der Waals surface area (Å²) in [4.78, 5) is 0. The molecular formula is C18H24N2O2. The van der Waals surface area contributed by atoms with Gasteiger partial charge in [-0.2, -0.15) is 0 Å². The van der Waals surface area contributed by atoms with Crippen LogP contribution in [0.15, 0.2) is 73.2 Å². The number of allylic oxidation sites excluding steroid dienone is 2. The van der Waals surface area contributed by atoms with Gasteiger partial charge in [0.1, 0.15) is 18.1 Å². The van der Waals surface area contributed by atoms with Crippen LogP contribution in [0.4, 0.5) is 0 Å². The van der Waals surface area contributed by atoms with Crippen LogP contribution < -0.4 is 20.9 Å². The van der Waals surface area contributed by atoms with E-state index >= 15 is 0 Å². The zero-order valence-electron chi connectivity index (χ0n) is 12.9. The van der Waals surface area contributed by atoms with Crippen LogP contribution in [0.3, 0.4) is 0 Å². The first-order chi connectivity index (χ1) is 10.7. The SMILES string of the molecule is C=CC(N)C/C=C/Oc1cccc(OC/C=C\C(N)=C/C)c1. The van der Waals surface area contributed by atoms with Crippen molar-refractivity contribution in [3.05, 3.63) is 73.2 Å². The van der Waals surface area contributed by atoms with Crippen molar-refractivity contribution in [2.24, 2.45) is 11.5 Å². The van der Waals surface area contributed by atoms with Gasteiger partial charge in [0, 0.05) is 17.8 Å². The molecule has 0 bridgehead atoms. The van der Waals surface area contributed by atoms with E-state index in [1.54, 1.807) is 12.3 Å². The molecule has 0 radical (unpaired) electrons. The van der Waals surface area contributed by atoms with Crippen molar-refractivity contribution in [1.29, 1.82) is 0 Å². The van der Waals surface area contributed by atoms with Crippen molar-refractivity contribution in [3.63, 3.8) is 0 Å². The number of nitrogens with two attached hydrogens (primary N) is 2. The molecule has 0 aliphatic carbocycles. The second-order valence-corrected chi connectivity index (χ2v) is 4.60. The minimum Gasteiger partial charge on any atom is -0.489 e. The van der Waals surface area contributed by atoms with Crippen LogP contribution in [0, 0.1) is 0 Å². The Balaban J connectivity index is 2.45. The molecule has 1 unspecified atom stereocenters. The third kappa shape index (κ3) is 7.36. The lowest BCUT2D eigenvalue weighted by molar-refractivity contribution is 0.360. The predicted molar refractivity (Wildman–Crippen MR) is 91.6 cm³/mol. The van der Waals surface area contributed by atoms with Gasteiger partial charge in [0.05, 0.1) is 6.26 Å². The number of hydrogen-bond acceptors (Lipinski definition) is 4. The molecule has 0 aliphatic rings. The number of benzene rings is 1. The smallest absolute Gasteiger partial charge is 0.130 e. The van der Waals surface area contributed by atoms with Crippen LogP contribution >= 0.6 is 0 Å². The molecule has 4 N–H and O–H groups in total. The van der Waals surface area contributed by atoms with E-state index in [1.807, 2.05) is 55.5 Å². The number of ether oxygens (including phenoxy) is 2. The average Bonchev–Trinajstić information content (AvgIpc) is 2.55. The summed E-state index contributed by atoms with van der Waals surface area (Å²) >= 11 is 0. The monoisotopic (exact) mass is 300 g/mol. The first-order valence-corrected chi connectivity index (χ1v) is 7.16. The van der Waals surface area contributed by atoms with Crippen molar-refractivity contribution >= 4 is 0 Å². The highest BCUT2D eigenvalue weighted by Crippen LogP contribution is 2.19. The average molecular weight is 300 g/mol. The van der Waals surface area contributed by atoms with Crippen LogP contribution in [0.5, 0.6) is 11.5 Å². The molecule has 0 amide bonds. The van der Waals surface area contributed by atoms with E-state index in [0.29, 0.717) is 24.5 Å². The van der Waals surface area contributed by atoms with Crippen LogP contribution in [0.2, 0.25) is 0 Å². The zero-order valence-corrected chi connectivity index (χ0v) is 12.9. The van der Waals surface area contributed by atoms with Crippen LogP contribution in [0.1, 0.15) is 13.3 Å². The fourth-order valence-corrected chi connectivity index (χ4v) is 1.50. The molecule has 0 heterocycles. The standard InChI is InChI=1S/C18H24N2O2/c1-3-15(19)8-6-12-21-17-10-5-11-18(14-17)22-13-7-9-16(20)4-2/h3-7,9-12,14-15H,1,8,13,19-20H2,2H3/b9-7-,12-6+,16-4+. The Labute approximate surface area is 132 Å². The molecule has 1 atom stereocenters. The Kier molecular flexibility index (Phi) is 8.23. The van der Waals surface area contributed by atoms with Gasteiger partial charge in [0.2, 0.25) is 0 Å². The summed E-state index contributed by atoms with van der Waals surface area (Å²) in [5.41, 5.74) is 12.1. The van der Waals surface area contributed by atoms with Crippen molar-refractivity contribution in [2.45, 2.75) is 19.4 Å². The number of rotatable bonds is 9. The first-order valence-electron chi connectivity index (χ1n) is 7.16. The van der Waals surface area contributed by atoms with Crippen molar-refractivity contribution in [2.75, 3.05) is 6.61 Å². The molecular weight excluding hydrogens is 276 g/mol. The van der Waals surface area contributed by atoms with Gasteiger partial charge < -0.3 is 20.9 Å². The molecule has 22 heavy (non-hydrogen) atoms. The van der Waals surface area contributed by atoms with Crippen molar-refractivity contribution in [3.8, 4) is 11.5 Å². The van der Waals surface area contributed by atoms with Gasteiger partial charge in [-0.05, 0) is 43.7 Å². The highest BCUT2D eigenvalue weighted by atomic mass is 16.5. The van der Waals surface area contributed by atoms with Gasteiger partial charge in [0.15, 0.2) is 0 Å². The second kappa shape index (κ2) is 10.3. The molecule has 118 valence electrons. The third-order valence-corrected chi connectivity index (χ3v) is 2.81. The molecule has 0 saturated heterocycles. The first kappa shape index (κ1) is 17.6. The fraction of sp³-hybridized carbons (Fsp3) is 0.222. The van der Waals surface area contributed by atoms with E-state index in [4.69, 9.17) is 20.9 Å². The van der Waals surface area contributed by atoms with Gasteiger partial charge in [-0.25, -0.2) is 0 Å². The normalized spacial score (nSPS) is 13.5. The molecule has 4 nitrogen and oxygen atoms in total. The molecule has 1 rings (SSSR count). The summed E-state index contributed by atoms with van der Waals surface area (Å²) in [6, 6.07) is 7.38. The summed E-state index contributed by atoms with van der Waals surface area (Å²) in [5, 5.41) is 0. The highest BCUT2D eigenvalue weighted by molar-refractivity contribution is 5.33. The van der Waals surface area contributed by atoms with E-state index in [2.05, 4.69) is 6.58 Å². The van der Waals surface area contributed by atoms with Crippen LogP contribution in [-0.2, 0) is 0 Å². The van der Waals surface area contributed by atoms with Crippen LogP contribution in [-0.4, -0.2) is 12.6 Å². The lowest BCUT2D eigenvalue weighted by Gasteiger charge is -2.06. The Morgan fingerprint density at radius 2 is 2.09 bits per heavy atom. The second-order valence-electron chi connectivity index (χ2n) is 4.60. The van der Waals surface area contributed by atoms with Crippen LogP contribution in [0.25, 0.3) is 0 Å². The largest absolute Gasteiger partial charge is 0.489 e. The van der Waals surface area contributed by atoms with E-state index in [1.165, 1.54) is 0 Å². The van der Waals surface area contributed by atoms with E-state index < -0.39 is 0 Å². The molecule has 0 spiro atoms. The third-order valence-electron chi connectivity index (χ3n) is 2.81. The molecule has 4 heteroatoms. The molecule has 0 aromatic heterocycles. The van der Waals surface area contributed by atoms with E-state index in [-0.39, 0.29) is 6.04 Å². The summed E-state index contributed by atoms with van der Waals surface area (Å²) in [6.07, 6.45) is 11.4. The maximum atomic E-state index is 5.71. The van der Waals surface area contributed by atoms with E-state index in [9.17, 15) is 0 Å². The summed E-state index contributed by atoms with van der Waals surface area (Å²) in [6.45, 7) is 5.96. The Morgan fingerprint density at radius 1 is 1.32 bits per heavy atom. The summed E-state index contributed by atoms with van der Waals surface area (Å²) < 4.78 is 11.1. The van der Waals surface area contributed by atoms with E-state index in [0.717, 1.165) is 5.75 Å². The maximum absolute atomic E-state index is 5.71. The minimum absolute atomic E-state index is 0.0501. The maximum Gasteiger partial charge on any atom is 0.130 e. The zero-order chi connectivity index (χ0) is 16.2. The predicted octanol–water partition coefficient (Wildman–Crippen LogP) is 3.28. The Morgan fingerprint density at radius 3 is 2.82 bits per heavy atom. The Bertz CT molecular complexity index is 548. The topological polar surface area (TPSA) is 70.5 Å². The minimum atomic E-state index is -0.0501. The lowest BCUT2D eigenvalue weighted by Crippen LogP contribution is -2.14. The van der Waals surface area contributed by atoms with Gasteiger partial charge in [-0.15, -0.1) is 6.58 Å². The molecule has 0 saturated carbocycles. The van der Waals surface area contributed by atoms with Gasteiger partial charge in [0.25, 0.3) is 0 Å². The van der Waals surface area contributed by atoms with Crippen molar-refractivity contribution in [1.82, 2.24) is 0 Å². The molecule has 0 aliphatic heterocycles. The van der Waals surface area contributed by atoms with Crippen molar-refractivity contribution < 1.29 is 9.47 Å².